The molecule has 138 valence electrons. The summed E-state index contributed by atoms with van der Waals surface area (Å²) < 4.78 is 36.4. The van der Waals surface area contributed by atoms with Gasteiger partial charge in [-0.25, -0.2) is 18.4 Å². The van der Waals surface area contributed by atoms with E-state index in [1.807, 2.05) is 0 Å². The second-order valence-electron chi connectivity index (χ2n) is 5.65. The number of aromatic nitrogens is 1. The van der Waals surface area contributed by atoms with Crippen LogP contribution in [0.3, 0.4) is 0 Å². The standard InChI is InChI=1S/C18H17F2NO5/c1-8-14(17(23)25-4)9(2)21-15(8)18(24)26-10(3)16(22)12-6-5-11(19)7-13(12)20/h5-7,10,21H,1-4H3/t10-/m0/s1. The van der Waals surface area contributed by atoms with Crippen molar-refractivity contribution in [1.82, 2.24) is 4.98 Å². The molecule has 6 nitrogen and oxygen atoms in total. The number of aryl methyl sites for hydroxylation is 1. The minimum absolute atomic E-state index is 0.0119. The Hall–Kier alpha value is -3.03. The van der Waals surface area contributed by atoms with Crippen molar-refractivity contribution < 1.29 is 32.6 Å². The SMILES string of the molecule is COC(=O)c1c(C)[nH]c(C(=O)O[C@@H](C)C(=O)c2ccc(F)cc2F)c1C. The van der Waals surface area contributed by atoms with Crippen LogP contribution in [0.5, 0.6) is 0 Å². The van der Waals surface area contributed by atoms with E-state index >= 15 is 0 Å². The molecule has 0 saturated carbocycles. The number of hydrogen-bond acceptors (Lipinski definition) is 5. The minimum Gasteiger partial charge on any atom is -0.465 e. The first-order chi connectivity index (χ1) is 12.2. The molecule has 0 spiro atoms. The summed E-state index contributed by atoms with van der Waals surface area (Å²) in [5, 5.41) is 0. The molecule has 0 fully saturated rings. The number of nitrogens with one attached hydrogen (secondary N) is 1. The van der Waals surface area contributed by atoms with Gasteiger partial charge in [0.1, 0.15) is 17.3 Å². The second-order valence-corrected chi connectivity index (χ2v) is 5.65. The molecule has 2 aromatic rings. The number of esters is 2. The van der Waals surface area contributed by atoms with Gasteiger partial charge in [-0.1, -0.05) is 0 Å². The van der Waals surface area contributed by atoms with Crippen molar-refractivity contribution in [3.8, 4) is 0 Å². The first-order valence-electron chi connectivity index (χ1n) is 7.65. The normalized spacial score (nSPS) is 11.8. The van der Waals surface area contributed by atoms with E-state index < -0.39 is 35.5 Å². The van der Waals surface area contributed by atoms with Crippen LogP contribution in [-0.4, -0.2) is 35.9 Å². The lowest BCUT2D eigenvalue weighted by molar-refractivity contribution is 0.0311. The van der Waals surface area contributed by atoms with Crippen LogP contribution in [-0.2, 0) is 9.47 Å². The monoisotopic (exact) mass is 365 g/mol. The Bertz CT molecular complexity index is 888. The Balaban J connectivity index is 2.22. The number of rotatable bonds is 5. The number of ether oxygens (including phenoxy) is 2. The molecule has 1 aromatic heterocycles. The van der Waals surface area contributed by atoms with Crippen molar-refractivity contribution in [2.24, 2.45) is 0 Å². The maximum absolute atomic E-state index is 13.7. The molecule has 1 aromatic carbocycles. The lowest BCUT2D eigenvalue weighted by atomic mass is 10.1. The topological polar surface area (TPSA) is 85.5 Å². The summed E-state index contributed by atoms with van der Waals surface area (Å²) in [7, 11) is 1.21. The van der Waals surface area contributed by atoms with E-state index in [1.54, 1.807) is 6.92 Å². The number of ketones is 1. The first kappa shape index (κ1) is 19.3. The molecule has 0 saturated heterocycles. The van der Waals surface area contributed by atoms with E-state index in [0.29, 0.717) is 17.3 Å². The molecule has 8 heteroatoms. The fourth-order valence-electron chi connectivity index (χ4n) is 2.54. The Kier molecular flexibility index (Phi) is 5.54. The van der Waals surface area contributed by atoms with Gasteiger partial charge >= 0.3 is 11.9 Å². The number of methoxy groups -OCH3 is 1. The summed E-state index contributed by atoms with van der Waals surface area (Å²) in [4.78, 5) is 39.0. The second kappa shape index (κ2) is 7.47. The zero-order valence-corrected chi connectivity index (χ0v) is 14.6. The zero-order chi connectivity index (χ0) is 19.6. The van der Waals surface area contributed by atoms with Gasteiger partial charge in [0.05, 0.1) is 18.2 Å². The maximum atomic E-state index is 13.7. The number of halogens is 2. The predicted molar refractivity (Wildman–Crippen MR) is 87.2 cm³/mol. The summed E-state index contributed by atoms with van der Waals surface area (Å²) in [6, 6.07) is 2.49. The molecule has 26 heavy (non-hydrogen) atoms. The van der Waals surface area contributed by atoms with Crippen LogP contribution in [0, 0.1) is 25.5 Å². The molecule has 0 aliphatic carbocycles. The largest absolute Gasteiger partial charge is 0.465 e. The summed E-state index contributed by atoms with van der Waals surface area (Å²) >= 11 is 0. The van der Waals surface area contributed by atoms with E-state index in [-0.39, 0.29) is 16.8 Å². The Morgan fingerprint density at radius 2 is 1.77 bits per heavy atom. The number of H-pyrrole nitrogens is 1. The fraction of sp³-hybridized carbons (Fsp3) is 0.278. The number of hydrogen-bond donors (Lipinski definition) is 1. The predicted octanol–water partition coefficient (Wildman–Crippen LogP) is 3.12. The quantitative estimate of drug-likeness (QED) is 0.650. The van der Waals surface area contributed by atoms with Crippen molar-refractivity contribution in [2.75, 3.05) is 7.11 Å². The molecule has 2 rings (SSSR count). The van der Waals surface area contributed by atoms with Gasteiger partial charge in [-0.15, -0.1) is 0 Å². The minimum atomic E-state index is -1.31. The van der Waals surface area contributed by atoms with Crippen LogP contribution in [0.1, 0.15) is 49.4 Å². The van der Waals surface area contributed by atoms with Crippen molar-refractivity contribution in [3.63, 3.8) is 0 Å². The molecular weight excluding hydrogens is 348 g/mol. The van der Waals surface area contributed by atoms with E-state index in [2.05, 4.69) is 9.72 Å². The van der Waals surface area contributed by atoms with E-state index in [0.717, 1.165) is 12.1 Å². The van der Waals surface area contributed by atoms with Crippen LogP contribution in [0.15, 0.2) is 18.2 Å². The summed E-state index contributed by atoms with van der Waals surface area (Å²) in [6.45, 7) is 4.38. The fourth-order valence-corrected chi connectivity index (χ4v) is 2.54. The molecule has 0 radical (unpaired) electrons. The van der Waals surface area contributed by atoms with Crippen molar-refractivity contribution >= 4 is 17.7 Å². The van der Waals surface area contributed by atoms with Crippen molar-refractivity contribution in [1.29, 1.82) is 0 Å². The maximum Gasteiger partial charge on any atom is 0.355 e. The van der Waals surface area contributed by atoms with Gasteiger partial charge in [0, 0.05) is 11.8 Å². The molecule has 1 atom stereocenters. The number of carbonyl (C=O) groups is 3. The highest BCUT2D eigenvalue weighted by molar-refractivity contribution is 6.02. The summed E-state index contributed by atoms with van der Waals surface area (Å²) in [5.41, 5.74) is 0.517. The molecule has 1 heterocycles. The third kappa shape index (κ3) is 3.63. The zero-order valence-electron chi connectivity index (χ0n) is 14.6. The lowest BCUT2D eigenvalue weighted by Gasteiger charge is -2.12. The molecule has 0 amide bonds. The smallest absolute Gasteiger partial charge is 0.355 e. The van der Waals surface area contributed by atoms with Crippen LogP contribution in [0.2, 0.25) is 0 Å². The van der Waals surface area contributed by atoms with E-state index in [1.165, 1.54) is 21.0 Å². The first-order valence-corrected chi connectivity index (χ1v) is 7.65. The van der Waals surface area contributed by atoms with Crippen LogP contribution < -0.4 is 0 Å². The highest BCUT2D eigenvalue weighted by Gasteiger charge is 2.27. The van der Waals surface area contributed by atoms with E-state index in [4.69, 9.17) is 4.74 Å². The van der Waals surface area contributed by atoms with Gasteiger partial charge in [0.15, 0.2) is 6.10 Å². The number of benzene rings is 1. The number of aromatic amines is 1. The highest BCUT2D eigenvalue weighted by Crippen LogP contribution is 2.21. The Morgan fingerprint density at radius 1 is 1.12 bits per heavy atom. The molecule has 1 N–H and O–H groups in total. The van der Waals surface area contributed by atoms with Crippen LogP contribution in [0.4, 0.5) is 8.78 Å². The van der Waals surface area contributed by atoms with Crippen LogP contribution >= 0.6 is 0 Å². The van der Waals surface area contributed by atoms with Gasteiger partial charge < -0.3 is 14.5 Å². The molecule has 0 aliphatic heterocycles. The molecule has 0 aliphatic rings. The average Bonchev–Trinajstić information content (AvgIpc) is 2.88. The van der Waals surface area contributed by atoms with Gasteiger partial charge in [0.2, 0.25) is 5.78 Å². The Labute approximate surface area is 148 Å². The van der Waals surface area contributed by atoms with Crippen molar-refractivity contribution in [2.45, 2.75) is 26.9 Å². The highest BCUT2D eigenvalue weighted by atomic mass is 19.1. The van der Waals surface area contributed by atoms with Crippen molar-refractivity contribution in [3.05, 3.63) is 57.9 Å². The number of Topliss-reactive ketones (excluding diaryl/α,β-unsaturated/α-hetero) is 1. The third-order valence-corrected chi connectivity index (χ3v) is 3.88. The number of carbonyl (C=O) groups excluding carboxylic acids is 3. The Morgan fingerprint density at radius 3 is 2.35 bits per heavy atom. The summed E-state index contributed by atoms with van der Waals surface area (Å²) in [5.74, 6) is -4.18. The third-order valence-electron chi connectivity index (χ3n) is 3.88. The molecule has 0 unspecified atom stereocenters. The van der Waals surface area contributed by atoms with Gasteiger partial charge in [-0.3, -0.25) is 4.79 Å². The molecule has 0 bridgehead atoms. The van der Waals surface area contributed by atoms with E-state index in [9.17, 15) is 23.2 Å². The summed E-state index contributed by atoms with van der Waals surface area (Å²) in [6.07, 6.45) is -1.31. The van der Waals surface area contributed by atoms with Gasteiger partial charge in [-0.05, 0) is 38.5 Å². The lowest BCUT2D eigenvalue weighted by Crippen LogP contribution is -2.25. The van der Waals surface area contributed by atoms with Gasteiger partial charge in [-0.2, -0.15) is 0 Å². The molecular formula is C18H17F2NO5. The average molecular weight is 365 g/mol. The van der Waals surface area contributed by atoms with Gasteiger partial charge in [0.25, 0.3) is 0 Å². The van der Waals surface area contributed by atoms with Crippen LogP contribution in [0.25, 0.3) is 0 Å².